The fraction of sp³-hybridized carbons (Fsp3) is 0.190. The van der Waals surface area contributed by atoms with E-state index in [-0.39, 0.29) is 24.1 Å². The molecule has 2 N–H and O–H groups in total. The molecule has 0 unspecified atom stereocenters. The molecule has 0 saturated heterocycles. The minimum absolute atomic E-state index is 0.0288. The van der Waals surface area contributed by atoms with Gasteiger partial charge < -0.3 is 15.4 Å². The van der Waals surface area contributed by atoms with Crippen molar-refractivity contribution in [2.24, 2.45) is 0 Å². The maximum atomic E-state index is 13.3. The van der Waals surface area contributed by atoms with Crippen molar-refractivity contribution in [1.82, 2.24) is 9.78 Å². The maximum Gasteiger partial charge on any atom is 0.249 e. The van der Waals surface area contributed by atoms with Crippen LogP contribution in [0.15, 0.2) is 48.5 Å². The topological polar surface area (TPSA) is 85.2 Å². The highest BCUT2D eigenvalue weighted by atomic mass is 19.1. The Bertz CT molecular complexity index is 1070. The van der Waals surface area contributed by atoms with Crippen LogP contribution in [-0.4, -0.2) is 28.7 Å². The van der Waals surface area contributed by atoms with Crippen LogP contribution in [-0.2, 0) is 9.59 Å². The Morgan fingerprint density at radius 2 is 1.90 bits per heavy atom. The highest BCUT2D eigenvalue weighted by Gasteiger charge is 2.34. The summed E-state index contributed by atoms with van der Waals surface area (Å²) in [5.41, 5.74) is 2.59. The van der Waals surface area contributed by atoms with Gasteiger partial charge in [-0.2, -0.15) is 5.10 Å². The first-order valence-corrected chi connectivity index (χ1v) is 9.06. The van der Waals surface area contributed by atoms with E-state index in [2.05, 4.69) is 15.7 Å². The van der Waals surface area contributed by atoms with Gasteiger partial charge in [-0.1, -0.05) is 0 Å². The summed E-state index contributed by atoms with van der Waals surface area (Å²) >= 11 is 0. The molecule has 0 aliphatic carbocycles. The predicted octanol–water partition coefficient (Wildman–Crippen LogP) is 3.53. The first-order valence-electron chi connectivity index (χ1n) is 9.06. The van der Waals surface area contributed by atoms with Crippen LogP contribution in [0.2, 0.25) is 0 Å². The number of nitrogens with one attached hydrogen (secondary N) is 2. The molecule has 1 aliphatic heterocycles. The average molecular weight is 394 g/mol. The van der Waals surface area contributed by atoms with E-state index < -0.39 is 6.04 Å². The van der Waals surface area contributed by atoms with Gasteiger partial charge in [0.05, 0.1) is 19.2 Å². The van der Waals surface area contributed by atoms with Crippen LogP contribution in [0.25, 0.3) is 11.3 Å². The molecule has 2 heterocycles. The van der Waals surface area contributed by atoms with E-state index in [1.807, 2.05) is 6.92 Å². The number of rotatable bonds is 4. The second-order valence-electron chi connectivity index (χ2n) is 6.76. The first-order chi connectivity index (χ1) is 14.0. The Balaban J connectivity index is 1.66. The zero-order chi connectivity index (χ0) is 20.5. The number of benzene rings is 2. The number of hydrogen-bond donors (Lipinski definition) is 2. The van der Waals surface area contributed by atoms with Crippen LogP contribution in [0.4, 0.5) is 15.9 Å². The second kappa shape index (κ2) is 7.38. The van der Waals surface area contributed by atoms with Gasteiger partial charge in [0.15, 0.2) is 0 Å². The van der Waals surface area contributed by atoms with Crippen LogP contribution < -0.4 is 15.4 Å². The van der Waals surface area contributed by atoms with Crippen LogP contribution in [0, 0.1) is 12.7 Å². The van der Waals surface area contributed by atoms with Gasteiger partial charge in [0.1, 0.15) is 23.4 Å². The molecular formula is C21H19FN4O3. The van der Waals surface area contributed by atoms with E-state index in [0.717, 1.165) is 0 Å². The van der Waals surface area contributed by atoms with E-state index in [4.69, 9.17) is 4.74 Å². The molecule has 0 bridgehead atoms. The Labute approximate surface area is 166 Å². The molecule has 1 aliphatic rings. The molecule has 8 heteroatoms. The number of fused-ring (bicyclic) bond motifs is 1. The lowest BCUT2D eigenvalue weighted by atomic mass is 10.1. The third-order valence-corrected chi connectivity index (χ3v) is 4.86. The van der Waals surface area contributed by atoms with Crippen LogP contribution >= 0.6 is 0 Å². The Hall–Kier alpha value is -3.68. The molecule has 148 valence electrons. The number of ether oxygens (including phenoxy) is 1. The van der Waals surface area contributed by atoms with Gasteiger partial charge in [-0.25, -0.2) is 9.07 Å². The second-order valence-corrected chi connectivity index (χ2v) is 6.76. The minimum Gasteiger partial charge on any atom is -0.497 e. The highest BCUT2D eigenvalue weighted by Crippen LogP contribution is 2.34. The third-order valence-electron chi connectivity index (χ3n) is 4.86. The third kappa shape index (κ3) is 3.56. The van der Waals surface area contributed by atoms with E-state index in [9.17, 15) is 14.0 Å². The highest BCUT2D eigenvalue weighted by molar-refractivity contribution is 6.02. The fourth-order valence-corrected chi connectivity index (χ4v) is 3.32. The number of hydrogen-bond acceptors (Lipinski definition) is 4. The van der Waals surface area contributed by atoms with Gasteiger partial charge in [-0.05, 0) is 55.5 Å². The summed E-state index contributed by atoms with van der Waals surface area (Å²) in [6, 6.07) is 12.0. The van der Waals surface area contributed by atoms with E-state index in [0.29, 0.717) is 34.1 Å². The first kappa shape index (κ1) is 18.7. The number of carbonyl (C=O) groups is 2. The van der Waals surface area contributed by atoms with Crippen molar-refractivity contribution in [3.63, 3.8) is 0 Å². The summed E-state index contributed by atoms with van der Waals surface area (Å²) in [7, 11) is 1.56. The van der Waals surface area contributed by atoms with Crippen molar-refractivity contribution in [3.05, 3.63) is 59.9 Å². The fourth-order valence-electron chi connectivity index (χ4n) is 3.32. The smallest absolute Gasteiger partial charge is 0.249 e. The summed E-state index contributed by atoms with van der Waals surface area (Å²) in [6.07, 6.45) is -0.0288. The Morgan fingerprint density at radius 3 is 2.55 bits per heavy atom. The van der Waals surface area contributed by atoms with Crippen molar-refractivity contribution < 1.29 is 18.7 Å². The van der Waals surface area contributed by atoms with Crippen molar-refractivity contribution >= 4 is 23.3 Å². The zero-order valence-electron chi connectivity index (χ0n) is 15.9. The summed E-state index contributed by atoms with van der Waals surface area (Å²) in [4.78, 5) is 25.1. The van der Waals surface area contributed by atoms with Gasteiger partial charge in [0, 0.05) is 16.8 Å². The molecular weight excluding hydrogens is 375 g/mol. The molecule has 0 fully saturated rings. The number of amides is 2. The normalized spacial score (nSPS) is 15.4. The lowest BCUT2D eigenvalue weighted by molar-refractivity contribution is -0.125. The number of methoxy groups -OCH3 is 1. The van der Waals surface area contributed by atoms with Gasteiger partial charge in [0.25, 0.3) is 0 Å². The summed E-state index contributed by atoms with van der Waals surface area (Å²) in [6.45, 7) is 1.81. The standard InChI is InChI=1S/C21H19FN4O3/c1-12-19(13-3-5-14(22)6-4-13)25-26-17(11-18(27)24-20(12)26)21(28)23-15-7-9-16(29-2)10-8-15/h3-10,17H,11H2,1-2H3,(H,23,28)(H,24,27)/t17-/m0/s1. The van der Waals surface area contributed by atoms with Crippen molar-refractivity contribution in [3.8, 4) is 17.0 Å². The summed E-state index contributed by atoms with van der Waals surface area (Å²) in [5.74, 6) is 0.185. The molecule has 29 heavy (non-hydrogen) atoms. The number of aromatic nitrogens is 2. The van der Waals surface area contributed by atoms with E-state index in [1.54, 1.807) is 43.5 Å². The van der Waals surface area contributed by atoms with Crippen LogP contribution in [0.3, 0.4) is 0 Å². The number of halogens is 1. The SMILES string of the molecule is COc1ccc(NC(=O)[C@@H]2CC(=O)Nc3c(C)c(-c4ccc(F)cc4)nn32)cc1. The maximum absolute atomic E-state index is 13.3. The van der Waals surface area contributed by atoms with E-state index >= 15 is 0 Å². The monoisotopic (exact) mass is 394 g/mol. The largest absolute Gasteiger partial charge is 0.497 e. The molecule has 1 atom stereocenters. The molecule has 0 radical (unpaired) electrons. The molecule has 7 nitrogen and oxygen atoms in total. The number of nitrogens with zero attached hydrogens (tertiary/aromatic N) is 2. The molecule has 1 aromatic heterocycles. The summed E-state index contributed by atoms with van der Waals surface area (Å²) in [5, 5.41) is 10.2. The Morgan fingerprint density at radius 1 is 1.21 bits per heavy atom. The molecule has 2 amide bonds. The van der Waals surface area contributed by atoms with Gasteiger partial charge in [-0.3, -0.25) is 9.59 Å². The van der Waals surface area contributed by atoms with Gasteiger partial charge in [0.2, 0.25) is 11.8 Å². The predicted molar refractivity (Wildman–Crippen MR) is 106 cm³/mol. The molecule has 0 spiro atoms. The molecule has 4 rings (SSSR count). The van der Waals surface area contributed by atoms with Crippen LogP contribution in [0.1, 0.15) is 18.0 Å². The average Bonchev–Trinajstić information content (AvgIpc) is 3.05. The number of carbonyl (C=O) groups excluding carboxylic acids is 2. The lowest BCUT2D eigenvalue weighted by Gasteiger charge is -2.24. The van der Waals surface area contributed by atoms with Gasteiger partial charge >= 0.3 is 0 Å². The molecule has 3 aromatic rings. The van der Waals surface area contributed by atoms with Crippen molar-refractivity contribution in [1.29, 1.82) is 0 Å². The van der Waals surface area contributed by atoms with Gasteiger partial charge in [-0.15, -0.1) is 0 Å². The zero-order valence-corrected chi connectivity index (χ0v) is 15.9. The molecule has 0 saturated carbocycles. The summed E-state index contributed by atoms with van der Waals surface area (Å²) < 4.78 is 19.9. The number of anilines is 2. The van der Waals surface area contributed by atoms with Crippen molar-refractivity contribution in [2.45, 2.75) is 19.4 Å². The minimum atomic E-state index is -0.797. The van der Waals surface area contributed by atoms with Crippen LogP contribution in [0.5, 0.6) is 5.75 Å². The quantitative estimate of drug-likeness (QED) is 0.709. The molecule has 2 aromatic carbocycles. The Kier molecular flexibility index (Phi) is 4.75. The lowest BCUT2D eigenvalue weighted by Crippen LogP contribution is -2.35. The van der Waals surface area contributed by atoms with E-state index in [1.165, 1.54) is 16.8 Å². The van der Waals surface area contributed by atoms with Crippen molar-refractivity contribution in [2.75, 3.05) is 17.7 Å².